The predicted molar refractivity (Wildman–Crippen MR) is 92.3 cm³/mol. The van der Waals surface area contributed by atoms with Gasteiger partial charge in [0.05, 0.1) is 5.60 Å². The van der Waals surface area contributed by atoms with Crippen molar-refractivity contribution in [2.24, 2.45) is 28.6 Å². The van der Waals surface area contributed by atoms with Crippen LogP contribution in [-0.2, 0) is 9.59 Å². The average Bonchev–Trinajstić information content (AvgIpc) is 2.82. The second-order valence-corrected chi connectivity index (χ2v) is 9.33. The van der Waals surface area contributed by atoms with Gasteiger partial charge in [0.2, 0.25) is 0 Å². The summed E-state index contributed by atoms with van der Waals surface area (Å²) in [6.07, 6.45) is 8.50. The first-order valence-corrected chi connectivity index (χ1v) is 9.76. The lowest BCUT2D eigenvalue weighted by atomic mass is 9.46. The van der Waals surface area contributed by atoms with Gasteiger partial charge < -0.3 is 5.11 Å². The molecule has 6 atom stereocenters. The van der Waals surface area contributed by atoms with Crippen LogP contribution in [0.3, 0.4) is 0 Å². The zero-order valence-corrected chi connectivity index (χ0v) is 15.2. The first-order valence-electron chi connectivity index (χ1n) is 9.76. The summed E-state index contributed by atoms with van der Waals surface area (Å²) in [5.74, 6) is 1.64. The maximum absolute atomic E-state index is 12.9. The van der Waals surface area contributed by atoms with E-state index in [2.05, 4.69) is 20.8 Å². The van der Waals surface area contributed by atoms with Crippen LogP contribution in [0.25, 0.3) is 0 Å². The van der Waals surface area contributed by atoms with Crippen LogP contribution in [0, 0.1) is 28.6 Å². The zero-order chi connectivity index (χ0) is 17.3. The summed E-state index contributed by atoms with van der Waals surface area (Å²) in [4.78, 5) is 24.7. The third-order valence-corrected chi connectivity index (χ3v) is 8.69. The maximum Gasteiger partial charge on any atom is 0.159 e. The summed E-state index contributed by atoms with van der Waals surface area (Å²) in [7, 11) is 0. The van der Waals surface area contributed by atoms with Crippen molar-refractivity contribution in [1.82, 2.24) is 0 Å². The lowest BCUT2D eigenvalue weighted by Crippen LogP contribution is -2.56. The van der Waals surface area contributed by atoms with Crippen LogP contribution in [0.4, 0.5) is 0 Å². The van der Waals surface area contributed by atoms with E-state index in [1.54, 1.807) is 6.08 Å². The average molecular weight is 330 g/mol. The van der Waals surface area contributed by atoms with E-state index < -0.39 is 5.60 Å². The molecule has 132 valence electrons. The van der Waals surface area contributed by atoms with Crippen LogP contribution >= 0.6 is 0 Å². The van der Waals surface area contributed by atoms with Gasteiger partial charge in [0.1, 0.15) is 0 Å². The summed E-state index contributed by atoms with van der Waals surface area (Å²) in [6.45, 7) is 6.59. The molecule has 3 saturated carbocycles. The fourth-order valence-corrected chi connectivity index (χ4v) is 7.08. The van der Waals surface area contributed by atoms with E-state index in [9.17, 15) is 14.7 Å². The molecule has 0 radical (unpaired) electrons. The zero-order valence-electron chi connectivity index (χ0n) is 15.2. The molecule has 0 spiro atoms. The minimum atomic E-state index is -0.564. The molecule has 0 aliphatic heterocycles. The maximum atomic E-state index is 12.9. The molecule has 0 amide bonds. The van der Waals surface area contributed by atoms with Crippen LogP contribution in [0.15, 0.2) is 11.6 Å². The summed E-state index contributed by atoms with van der Waals surface area (Å²) in [6, 6.07) is 0. The molecule has 0 aromatic heterocycles. The second-order valence-electron chi connectivity index (χ2n) is 9.33. The molecule has 1 N–H and O–H groups in total. The first-order chi connectivity index (χ1) is 11.2. The first kappa shape index (κ1) is 16.5. The number of fused-ring (bicyclic) bond motifs is 5. The van der Waals surface area contributed by atoms with Gasteiger partial charge in [0.25, 0.3) is 0 Å². The number of Topliss-reactive ketones (excluding diaryl/α,β-unsaturated/α-hetero) is 1. The summed E-state index contributed by atoms with van der Waals surface area (Å²) < 4.78 is 0. The number of carbonyl (C=O) groups excluding carboxylic acids is 2. The van der Waals surface area contributed by atoms with E-state index in [4.69, 9.17) is 0 Å². The Labute approximate surface area is 144 Å². The van der Waals surface area contributed by atoms with Crippen molar-refractivity contribution in [2.45, 2.75) is 77.7 Å². The molecule has 0 aromatic carbocycles. The summed E-state index contributed by atoms with van der Waals surface area (Å²) in [5, 5.41) is 11.2. The van der Waals surface area contributed by atoms with Crippen molar-refractivity contribution in [3.63, 3.8) is 0 Å². The molecule has 0 heterocycles. The Morgan fingerprint density at radius 1 is 1.12 bits per heavy atom. The largest absolute Gasteiger partial charge is 0.389 e. The van der Waals surface area contributed by atoms with Gasteiger partial charge in [0, 0.05) is 18.4 Å². The Hall–Kier alpha value is -0.960. The fourth-order valence-electron chi connectivity index (χ4n) is 7.08. The smallest absolute Gasteiger partial charge is 0.159 e. The normalized spacial score (nSPS) is 50.8. The highest BCUT2D eigenvalue weighted by atomic mass is 16.3. The van der Waals surface area contributed by atoms with Gasteiger partial charge in [-0.1, -0.05) is 20.8 Å². The van der Waals surface area contributed by atoms with Gasteiger partial charge in [-0.15, -0.1) is 0 Å². The van der Waals surface area contributed by atoms with E-state index in [1.165, 1.54) is 0 Å². The SMILES string of the molecule is CC[C@]1(O)CC[C@@H]2[C@H]3CC(=O)C4=CC(=O)CC[C@]4(C)[C@@H]3CC[C@@]21C. The Morgan fingerprint density at radius 2 is 1.83 bits per heavy atom. The minimum Gasteiger partial charge on any atom is -0.389 e. The molecule has 4 rings (SSSR count). The molecule has 3 fully saturated rings. The number of hydrogen-bond donors (Lipinski definition) is 1. The second kappa shape index (κ2) is 5.03. The lowest BCUT2D eigenvalue weighted by molar-refractivity contribution is -0.143. The highest BCUT2D eigenvalue weighted by molar-refractivity contribution is 6.05. The molecule has 4 aliphatic carbocycles. The number of allylic oxidation sites excluding steroid dienone is 1. The number of rotatable bonds is 1. The van der Waals surface area contributed by atoms with Gasteiger partial charge in [-0.2, -0.15) is 0 Å². The van der Waals surface area contributed by atoms with Gasteiger partial charge in [0.15, 0.2) is 11.6 Å². The van der Waals surface area contributed by atoms with Crippen LogP contribution in [0.5, 0.6) is 0 Å². The molecule has 0 saturated heterocycles. The highest BCUT2D eigenvalue weighted by Crippen LogP contribution is 2.67. The molecule has 0 bridgehead atoms. The van der Waals surface area contributed by atoms with Crippen molar-refractivity contribution < 1.29 is 14.7 Å². The topological polar surface area (TPSA) is 54.4 Å². The molecule has 3 heteroatoms. The summed E-state index contributed by atoms with van der Waals surface area (Å²) >= 11 is 0. The molecule has 4 aliphatic rings. The number of aliphatic hydroxyl groups is 1. The number of hydrogen-bond acceptors (Lipinski definition) is 3. The Kier molecular flexibility index (Phi) is 3.46. The fraction of sp³-hybridized carbons (Fsp3) is 0.810. The minimum absolute atomic E-state index is 0.0503. The van der Waals surface area contributed by atoms with Gasteiger partial charge >= 0.3 is 0 Å². The Bertz CT molecular complexity index is 635. The predicted octanol–water partition coefficient (Wildman–Crippen LogP) is 3.84. The monoisotopic (exact) mass is 330 g/mol. The molecule has 3 nitrogen and oxygen atoms in total. The van der Waals surface area contributed by atoms with Gasteiger partial charge in [-0.25, -0.2) is 0 Å². The molecule has 0 unspecified atom stereocenters. The van der Waals surface area contributed by atoms with E-state index in [0.717, 1.165) is 44.1 Å². The van der Waals surface area contributed by atoms with Crippen LogP contribution in [0.1, 0.15) is 72.1 Å². The third kappa shape index (κ3) is 1.88. The lowest BCUT2D eigenvalue weighted by Gasteiger charge is -2.58. The standard InChI is InChI=1S/C21H30O3/c1-4-21(24)10-7-16-14-12-18(23)17-11-13(22)5-8-19(17,2)15(14)6-9-20(16,21)3/h11,14-16,24H,4-10,12H2,1-3H3/t14-,15+,16+,19+,20-,21-/m0/s1. The van der Waals surface area contributed by atoms with Gasteiger partial charge in [-0.3, -0.25) is 9.59 Å². The van der Waals surface area contributed by atoms with Gasteiger partial charge in [-0.05, 0) is 73.2 Å². The molecular weight excluding hydrogens is 300 g/mol. The highest BCUT2D eigenvalue weighted by Gasteiger charge is 2.64. The number of carbonyl (C=O) groups is 2. The number of ketones is 2. The van der Waals surface area contributed by atoms with Crippen molar-refractivity contribution >= 4 is 11.6 Å². The van der Waals surface area contributed by atoms with Crippen LogP contribution in [-0.4, -0.2) is 22.3 Å². The molecule has 0 aromatic rings. The van der Waals surface area contributed by atoms with Crippen molar-refractivity contribution in [3.8, 4) is 0 Å². The van der Waals surface area contributed by atoms with Crippen LogP contribution in [0.2, 0.25) is 0 Å². The Morgan fingerprint density at radius 3 is 2.54 bits per heavy atom. The third-order valence-electron chi connectivity index (χ3n) is 8.69. The van der Waals surface area contributed by atoms with Crippen molar-refractivity contribution in [3.05, 3.63) is 11.6 Å². The Balaban J connectivity index is 1.74. The van der Waals surface area contributed by atoms with E-state index >= 15 is 0 Å². The summed E-state index contributed by atoms with van der Waals surface area (Å²) in [5.41, 5.74) is 0.0749. The van der Waals surface area contributed by atoms with Crippen molar-refractivity contribution in [1.29, 1.82) is 0 Å². The van der Waals surface area contributed by atoms with E-state index in [-0.39, 0.29) is 22.4 Å². The molecular formula is C21H30O3. The van der Waals surface area contributed by atoms with E-state index in [0.29, 0.717) is 30.6 Å². The van der Waals surface area contributed by atoms with Crippen LogP contribution < -0.4 is 0 Å². The quantitative estimate of drug-likeness (QED) is 0.795. The van der Waals surface area contributed by atoms with Crippen molar-refractivity contribution in [2.75, 3.05) is 0 Å². The molecule has 24 heavy (non-hydrogen) atoms. The van der Waals surface area contributed by atoms with E-state index in [1.807, 2.05) is 0 Å².